The Kier molecular flexibility index (Phi) is 2.73. The average molecular weight is 340 g/mol. The van der Waals surface area contributed by atoms with Crippen LogP contribution >= 0.6 is 15.9 Å². The maximum absolute atomic E-state index is 6.32. The molecule has 0 fully saturated rings. The van der Waals surface area contributed by atoms with Crippen molar-refractivity contribution in [3.05, 3.63) is 70.2 Å². The van der Waals surface area contributed by atoms with E-state index in [1.165, 1.54) is 11.3 Å². The molecule has 0 saturated carbocycles. The van der Waals surface area contributed by atoms with Crippen LogP contribution in [0.15, 0.2) is 59.1 Å². The first-order valence-corrected chi connectivity index (χ1v) is 7.67. The molecule has 2 aliphatic rings. The van der Waals surface area contributed by atoms with Crippen LogP contribution in [0.25, 0.3) is 12.2 Å². The van der Waals surface area contributed by atoms with E-state index in [0.717, 1.165) is 15.8 Å². The Morgan fingerprint density at radius 2 is 1.76 bits per heavy atom. The Labute approximate surface area is 132 Å². The van der Waals surface area contributed by atoms with E-state index in [0.29, 0.717) is 0 Å². The topological polar surface area (TPSA) is 12.5 Å². The fraction of sp³-hybridized carbons (Fsp3) is 0.111. The summed E-state index contributed by atoms with van der Waals surface area (Å²) >= 11 is 3.50. The fourth-order valence-corrected chi connectivity index (χ4v) is 3.25. The van der Waals surface area contributed by atoms with Gasteiger partial charge in [-0.05, 0) is 48.1 Å². The number of halogens is 1. The number of ether oxygens (including phenoxy) is 1. The number of para-hydroxylation sites is 1. The van der Waals surface area contributed by atoms with E-state index in [9.17, 15) is 0 Å². The van der Waals surface area contributed by atoms with Gasteiger partial charge < -0.3 is 9.64 Å². The van der Waals surface area contributed by atoms with Gasteiger partial charge in [-0.1, -0.05) is 40.2 Å². The molecule has 0 bridgehead atoms. The molecule has 1 spiro atoms. The van der Waals surface area contributed by atoms with E-state index in [4.69, 9.17) is 4.74 Å². The minimum absolute atomic E-state index is 0.546. The lowest BCUT2D eigenvalue weighted by atomic mass is 9.97. The molecule has 1 unspecified atom stereocenters. The van der Waals surface area contributed by atoms with Crippen LogP contribution in [0.4, 0.5) is 5.69 Å². The van der Waals surface area contributed by atoms with Crippen LogP contribution in [0.5, 0.6) is 5.75 Å². The molecule has 104 valence electrons. The summed E-state index contributed by atoms with van der Waals surface area (Å²) in [7, 11) is 2.07. The van der Waals surface area contributed by atoms with Crippen LogP contribution in [-0.2, 0) is 0 Å². The normalized spacial score (nSPS) is 21.9. The predicted molar refractivity (Wildman–Crippen MR) is 90.4 cm³/mol. The van der Waals surface area contributed by atoms with Gasteiger partial charge in [0.05, 0.1) is 0 Å². The predicted octanol–water partition coefficient (Wildman–Crippen LogP) is 4.71. The molecule has 3 heteroatoms. The van der Waals surface area contributed by atoms with E-state index in [1.807, 2.05) is 12.1 Å². The van der Waals surface area contributed by atoms with Crippen molar-refractivity contribution in [3.8, 4) is 5.75 Å². The number of likely N-dealkylation sites (N-methyl/N-ethyl adjacent to an activating group) is 1. The smallest absolute Gasteiger partial charge is 0.222 e. The van der Waals surface area contributed by atoms with Crippen LogP contribution in [0, 0.1) is 0 Å². The highest BCUT2D eigenvalue weighted by molar-refractivity contribution is 9.10. The van der Waals surface area contributed by atoms with Gasteiger partial charge in [0.25, 0.3) is 0 Å². The third kappa shape index (κ3) is 1.92. The molecule has 2 aromatic rings. The summed E-state index contributed by atoms with van der Waals surface area (Å²) in [6.07, 6.45) is 8.47. The molecule has 0 N–H and O–H groups in total. The third-order valence-corrected chi connectivity index (χ3v) is 4.56. The van der Waals surface area contributed by atoms with Crippen LogP contribution < -0.4 is 9.64 Å². The summed E-state index contributed by atoms with van der Waals surface area (Å²) in [5, 5.41) is 0. The van der Waals surface area contributed by atoms with E-state index < -0.39 is 5.72 Å². The summed E-state index contributed by atoms with van der Waals surface area (Å²) in [5.41, 5.74) is 2.93. The van der Waals surface area contributed by atoms with E-state index in [2.05, 4.69) is 82.5 Å². The van der Waals surface area contributed by atoms with Gasteiger partial charge in [0.1, 0.15) is 5.75 Å². The largest absolute Gasteiger partial charge is 0.460 e. The molecule has 0 aliphatic carbocycles. The highest BCUT2D eigenvalue weighted by Gasteiger charge is 2.37. The summed E-state index contributed by atoms with van der Waals surface area (Å²) in [4.78, 5) is 2.17. The molecule has 0 aromatic heterocycles. The highest BCUT2D eigenvalue weighted by Crippen LogP contribution is 2.40. The van der Waals surface area contributed by atoms with Crippen LogP contribution in [0.3, 0.4) is 0 Å². The third-order valence-electron chi connectivity index (χ3n) is 4.07. The quantitative estimate of drug-likeness (QED) is 0.688. The Morgan fingerprint density at radius 3 is 2.62 bits per heavy atom. The van der Waals surface area contributed by atoms with E-state index >= 15 is 0 Å². The van der Waals surface area contributed by atoms with E-state index in [1.54, 1.807) is 0 Å². The Hall–Kier alpha value is -2.00. The van der Waals surface area contributed by atoms with Crippen LogP contribution in [0.1, 0.15) is 11.1 Å². The molecule has 2 heterocycles. The van der Waals surface area contributed by atoms with Crippen molar-refractivity contribution < 1.29 is 4.74 Å². The molecule has 0 radical (unpaired) electrons. The first-order chi connectivity index (χ1) is 10.2. The summed E-state index contributed by atoms with van der Waals surface area (Å²) in [6.45, 7) is 0. The lowest BCUT2D eigenvalue weighted by Gasteiger charge is -2.43. The maximum atomic E-state index is 6.32. The van der Waals surface area contributed by atoms with Crippen molar-refractivity contribution in [1.29, 1.82) is 0 Å². The van der Waals surface area contributed by atoms with Gasteiger partial charge in [-0.15, -0.1) is 0 Å². The number of fused-ring (bicyclic) bond motifs is 2. The number of hydrogen-bond acceptors (Lipinski definition) is 2. The summed E-state index contributed by atoms with van der Waals surface area (Å²) in [6, 6.07) is 14.4. The van der Waals surface area contributed by atoms with Crippen molar-refractivity contribution >= 4 is 33.8 Å². The average Bonchev–Trinajstić information content (AvgIpc) is 2.52. The molecule has 21 heavy (non-hydrogen) atoms. The zero-order chi connectivity index (χ0) is 14.4. The molecule has 0 saturated heterocycles. The number of benzene rings is 2. The molecule has 2 aromatic carbocycles. The van der Waals surface area contributed by atoms with Gasteiger partial charge in [0.15, 0.2) is 0 Å². The number of nitrogens with zero attached hydrogens (tertiary/aromatic N) is 1. The van der Waals surface area contributed by atoms with Gasteiger partial charge in [-0.25, -0.2) is 0 Å². The van der Waals surface area contributed by atoms with E-state index in [-0.39, 0.29) is 0 Å². The van der Waals surface area contributed by atoms with Gasteiger partial charge >= 0.3 is 0 Å². The summed E-state index contributed by atoms with van der Waals surface area (Å²) in [5.74, 6) is 0.900. The highest BCUT2D eigenvalue weighted by atomic mass is 79.9. The van der Waals surface area contributed by atoms with Crippen molar-refractivity contribution in [2.75, 3.05) is 11.9 Å². The lowest BCUT2D eigenvalue weighted by Crippen LogP contribution is -2.51. The number of anilines is 1. The second-order valence-corrected chi connectivity index (χ2v) is 6.24. The Morgan fingerprint density at radius 1 is 1.00 bits per heavy atom. The van der Waals surface area contributed by atoms with Crippen LogP contribution in [-0.4, -0.2) is 12.8 Å². The van der Waals surface area contributed by atoms with Crippen molar-refractivity contribution in [2.45, 2.75) is 5.72 Å². The van der Waals surface area contributed by atoms with Gasteiger partial charge in [-0.2, -0.15) is 0 Å². The van der Waals surface area contributed by atoms with Gasteiger partial charge in [0.2, 0.25) is 5.72 Å². The molecule has 0 amide bonds. The first-order valence-electron chi connectivity index (χ1n) is 6.88. The second kappa shape index (κ2) is 4.50. The molecular weight excluding hydrogens is 326 g/mol. The zero-order valence-corrected chi connectivity index (χ0v) is 13.2. The maximum Gasteiger partial charge on any atom is 0.222 e. The SMILES string of the molecule is CN1c2ccccc2C=CC12C=Cc1cc(Br)ccc1O2. The van der Waals surface area contributed by atoms with Crippen molar-refractivity contribution in [2.24, 2.45) is 0 Å². The fourth-order valence-electron chi connectivity index (χ4n) is 2.87. The molecule has 1 atom stereocenters. The lowest BCUT2D eigenvalue weighted by molar-refractivity contribution is 0.168. The molecule has 2 aliphatic heterocycles. The molecule has 2 nitrogen and oxygen atoms in total. The second-order valence-electron chi connectivity index (χ2n) is 5.32. The van der Waals surface area contributed by atoms with Crippen molar-refractivity contribution in [3.63, 3.8) is 0 Å². The van der Waals surface area contributed by atoms with Crippen LogP contribution in [0.2, 0.25) is 0 Å². The minimum atomic E-state index is -0.546. The number of rotatable bonds is 0. The molecule has 4 rings (SSSR count). The Balaban J connectivity index is 1.80. The van der Waals surface area contributed by atoms with Gasteiger partial charge in [0, 0.05) is 22.8 Å². The monoisotopic (exact) mass is 339 g/mol. The minimum Gasteiger partial charge on any atom is -0.460 e. The van der Waals surface area contributed by atoms with Gasteiger partial charge in [-0.3, -0.25) is 0 Å². The Bertz CT molecular complexity index is 781. The first kappa shape index (κ1) is 12.7. The van der Waals surface area contributed by atoms with Crippen molar-refractivity contribution in [1.82, 2.24) is 0 Å². The zero-order valence-electron chi connectivity index (χ0n) is 11.6. The standard InChI is InChI=1S/C18H14BrNO/c1-20-16-5-3-2-4-13(16)8-10-18(20)11-9-14-12-15(19)6-7-17(14)21-18/h2-12H,1H3. The summed E-state index contributed by atoms with van der Waals surface area (Å²) < 4.78 is 7.37. The number of hydrogen-bond donors (Lipinski definition) is 0. The molecular formula is C18H14BrNO.